The second kappa shape index (κ2) is 3.82. The first-order chi connectivity index (χ1) is 5.38. The van der Waals surface area contributed by atoms with E-state index < -0.39 is 0 Å². The Balaban J connectivity index is 2.88. The summed E-state index contributed by atoms with van der Waals surface area (Å²) in [5.74, 6) is 0. The summed E-state index contributed by atoms with van der Waals surface area (Å²) >= 11 is 1.31. The molecule has 1 aromatic heterocycles. The summed E-state index contributed by atoms with van der Waals surface area (Å²) in [4.78, 5) is 18.5. The standard InChI is InChI=1S/C6H5N2O2S/c1-10-8-5(4-9)6-7-2-3-11-6/h2-3H,1H3. The van der Waals surface area contributed by atoms with Gasteiger partial charge in [-0.3, -0.25) is 4.79 Å². The molecule has 0 aromatic carbocycles. The number of thiazole rings is 1. The highest BCUT2D eigenvalue weighted by Crippen LogP contribution is 2.04. The second-order valence-corrected chi connectivity index (χ2v) is 2.46. The van der Waals surface area contributed by atoms with E-state index in [-0.39, 0.29) is 5.71 Å². The molecular weight excluding hydrogens is 164 g/mol. The Hall–Kier alpha value is -1.23. The van der Waals surface area contributed by atoms with Crippen LogP contribution in [0.15, 0.2) is 16.7 Å². The molecule has 1 rings (SSSR count). The molecule has 0 N–H and O–H groups in total. The number of rotatable bonds is 3. The number of nitrogens with zero attached hydrogens (tertiary/aromatic N) is 2. The SMILES string of the molecule is CON=C([C]=O)c1nccs1. The van der Waals surface area contributed by atoms with Crippen molar-refractivity contribution in [2.75, 3.05) is 7.11 Å². The quantitative estimate of drug-likeness (QED) is 0.492. The molecule has 1 aromatic rings. The highest BCUT2D eigenvalue weighted by Gasteiger charge is 2.05. The van der Waals surface area contributed by atoms with Gasteiger partial charge in [0.05, 0.1) is 0 Å². The molecule has 0 aliphatic carbocycles. The van der Waals surface area contributed by atoms with Crippen LogP contribution in [0.1, 0.15) is 5.01 Å². The highest BCUT2D eigenvalue weighted by atomic mass is 32.1. The van der Waals surface area contributed by atoms with Crippen molar-refractivity contribution in [1.82, 2.24) is 4.98 Å². The summed E-state index contributed by atoms with van der Waals surface area (Å²) < 4.78 is 0. The van der Waals surface area contributed by atoms with E-state index >= 15 is 0 Å². The maximum absolute atomic E-state index is 10.2. The summed E-state index contributed by atoms with van der Waals surface area (Å²) in [6.07, 6.45) is 3.21. The lowest BCUT2D eigenvalue weighted by atomic mass is 10.4. The fraction of sp³-hybridized carbons (Fsp3) is 0.167. The third kappa shape index (κ3) is 1.84. The van der Waals surface area contributed by atoms with Crippen molar-refractivity contribution in [2.45, 2.75) is 0 Å². The molecular formula is C6H5N2O2S. The predicted molar refractivity (Wildman–Crippen MR) is 41.4 cm³/mol. The van der Waals surface area contributed by atoms with Crippen LogP contribution in [0.5, 0.6) is 0 Å². The largest absolute Gasteiger partial charge is 0.398 e. The summed E-state index contributed by atoms with van der Waals surface area (Å²) in [7, 11) is 1.37. The van der Waals surface area contributed by atoms with E-state index in [1.165, 1.54) is 18.4 Å². The van der Waals surface area contributed by atoms with Crippen LogP contribution in [-0.2, 0) is 9.63 Å². The molecule has 0 unspecified atom stereocenters. The van der Waals surface area contributed by atoms with Crippen LogP contribution in [0.4, 0.5) is 0 Å². The van der Waals surface area contributed by atoms with Gasteiger partial charge in [-0.2, -0.15) is 0 Å². The van der Waals surface area contributed by atoms with Crippen LogP contribution in [-0.4, -0.2) is 24.1 Å². The molecule has 0 atom stereocenters. The molecule has 1 heterocycles. The van der Waals surface area contributed by atoms with Gasteiger partial charge < -0.3 is 4.84 Å². The summed E-state index contributed by atoms with van der Waals surface area (Å²) in [5, 5.41) is 5.69. The third-order valence-corrected chi connectivity index (χ3v) is 1.69. The smallest absolute Gasteiger partial charge is 0.260 e. The van der Waals surface area contributed by atoms with Gasteiger partial charge in [-0.15, -0.1) is 11.3 Å². The highest BCUT2D eigenvalue weighted by molar-refractivity contribution is 7.12. The molecule has 0 saturated heterocycles. The van der Waals surface area contributed by atoms with Crippen molar-refractivity contribution in [2.24, 2.45) is 5.16 Å². The van der Waals surface area contributed by atoms with E-state index in [1.54, 1.807) is 17.9 Å². The first kappa shape index (κ1) is 7.87. The predicted octanol–water partition coefficient (Wildman–Crippen LogP) is 0.603. The minimum atomic E-state index is 0.0995. The Labute approximate surface area is 67.5 Å². The first-order valence-electron chi connectivity index (χ1n) is 2.77. The molecule has 0 fully saturated rings. The van der Waals surface area contributed by atoms with Gasteiger partial charge in [-0.1, -0.05) is 5.16 Å². The van der Waals surface area contributed by atoms with Crippen LogP contribution >= 0.6 is 11.3 Å². The van der Waals surface area contributed by atoms with Crippen LogP contribution < -0.4 is 0 Å². The van der Waals surface area contributed by atoms with Crippen molar-refractivity contribution in [1.29, 1.82) is 0 Å². The lowest BCUT2D eigenvalue weighted by Gasteiger charge is -1.88. The van der Waals surface area contributed by atoms with Crippen LogP contribution in [0.3, 0.4) is 0 Å². The molecule has 0 bridgehead atoms. The summed E-state index contributed by atoms with van der Waals surface area (Å²) in [5.41, 5.74) is 0.0995. The zero-order valence-corrected chi connectivity index (χ0v) is 6.59. The maximum Gasteiger partial charge on any atom is 0.260 e. The molecule has 4 nitrogen and oxygen atoms in total. The molecule has 1 radical (unpaired) electrons. The molecule has 0 spiro atoms. The zero-order valence-electron chi connectivity index (χ0n) is 5.77. The molecule has 5 heteroatoms. The minimum absolute atomic E-state index is 0.0995. The van der Waals surface area contributed by atoms with Crippen molar-refractivity contribution < 1.29 is 9.63 Å². The van der Waals surface area contributed by atoms with Crippen molar-refractivity contribution in [3.05, 3.63) is 16.6 Å². The first-order valence-corrected chi connectivity index (χ1v) is 3.65. The second-order valence-electron chi connectivity index (χ2n) is 1.56. The van der Waals surface area contributed by atoms with E-state index in [0.717, 1.165) is 0 Å². The lowest BCUT2D eigenvalue weighted by molar-refractivity contribution is 0.214. The zero-order chi connectivity index (χ0) is 8.10. The van der Waals surface area contributed by atoms with Crippen molar-refractivity contribution >= 4 is 23.3 Å². The number of aromatic nitrogens is 1. The van der Waals surface area contributed by atoms with E-state index in [9.17, 15) is 4.79 Å². The average Bonchev–Trinajstić information content (AvgIpc) is 2.52. The van der Waals surface area contributed by atoms with Gasteiger partial charge in [0.15, 0.2) is 5.71 Å². The van der Waals surface area contributed by atoms with E-state index in [0.29, 0.717) is 5.01 Å². The van der Waals surface area contributed by atoms with Gasteiger partial charge in [0.2, 0.25) is 0 Å². The summed E-state index contributed by atoms with van der Waals surface area (Å²) in [6.45, 7) is 0. The fourth-order valence-electron chi connectivity index (χ4n) is 0.533. The topological polar surface area (TPSA) is 51.5 Å². The fourth-order valence-corrected chi connectivity index (χ4v) is 1.10. The van der Waals surface area contributed by atoms with Gasteiger partial charge in [-0.25, -0.2) is 4.98 Å². The van der Waals surface area contributed by atoms with Crippen LogP contribution in [0, 0.1) is 0 Å². The van der Waals surface area contributed by atoms with Gasteiger partial charge in [0.25, 0.3) is 6.29 Å². The lowest BCUT2D eigenvalue weighted by Crippen LogP contribution is -2.01. The van der Waals surface area contributed by atoms with E-state index in [4.69, 9.17) is 0 Å². The molecule has 0 aliphatic rings. The molecule has 57 valence electrons. The van der Waals surface area contributed by atoms with Gasteiger partial charge in [0.1, 0.15) is 12.1 Å². The monoisotopic (exact) mass is 169 g/mol. The van der Waals surface area contributed by atoms with Crippen LogP contribution in [0.25, 0.3) is 0 Å². The Morgan fingerprint density at radius 2 is 2.73 bits per heavy atom. The van der Waals surface area contributed by atoms with Gasteiger partial charge in [-0.05, 0) is 0 Å². The van der Waals surface area contributed by atoms with E-state index in [2.05, 4.69) is 15.0 Å². The van der Waals surface area contributed by atoms with Gasteiger partial charge in [0, 0.05) is 11.6 Å². The Morgan fingerprint density at radius 3 is 3.18 bits per heavy atom. The minimum Gasteiger partial charge on any atom is -0.398 e. The molecule has 0 saturated carbocycles. The number of oxime groups is 1. The van der Waals surface area contributed by atoms with E-state index in [1.807, 2.05) is 0 Å². The number of hydrogen-bond acceptors (Lipinski definition) is 5. The third-order valence-electron chi connectivity index (χ3n) is 0.914. The Bertz CT molecular complexity index is 256. The number of hydrogen-bond donors (Lipinski definition) is 0. The normalized spacial score (nSPS) is 11.2. The Morgan fingerprint density at radius 1 is 1.91 bits per heavy atom. The van der Waals surface area contributed by atoms with Crippen molar-refractivity contribution in [3.8, 4) is 0 Å². The number of carbonyl (C=O) groups excluding carboxylic acids is 1. The van der Waals surface area contributed by atoms with Crippen molar-refractivity contribution in [3.63, 3.8) is 0 Å². The average molecular weight is 169 g/mol. The molecule has 0 aliphatic heterocycles. The molecule has 0 amide bonds. The maximum atomic E-state index is 10.2. The van der Waals surface area contributed by atoms with Gasteiger partial charge >= 0.3 is 0 Å². The van der Waals surface area contributed by atoms with Crippen LogP contribution in [0.2, 0.25) is 0 Å². The Kier molecular flexibility index (Phi) is 2.74. The summed E-state index contributed by atoms with van der Waals surface area (Å²) in [6, 6.07) is 0. The molecule has 11 heavy (non-hydrogen) atoms.